The van der Waals surface area contributed by atoms with E-state index >= 15 is 0 Å². The van der Waals surface area contributed by atoms with Crippen LogP contribution in [0.25, 0.3) is 5.69 Å². The largest absolute Gasteiger partial charge is 0.439 e. The van der Waals surface area contributed by atoms with Crippen molar-refractivity contribution in [2.24, 2.45) is 0 Å². The lowest BCUT2D eigenvalue weighted by molar-refractivity contribution is 0.0689. The number of hydrogen-bond donors (Lipinski definition) is 0. The van der Waals surface area contributed by atoms with Crippen molar-refractivity contribution < 1.29 is 13.9 Å². The number of carbonyl (C=O) groups excluding carboxylic acids is 1. The molecule has 35 heavy (non-hydrogen) atoms. The summed E-state index contributed by atoms with van der Waals surface area (Å²) in [5, 5.41) is 4.81. The van der Waals surface area contributed by atoms with Gasteiger partial charge in [0.15, 0.2) is 0 Å². The van der Waals surface area contributed by atoms with Gasteiger partial charge in [0.05, 0.1) is 23.5 Å². The maximum atomic E-state index is 13.6. The molecule has 0 fully saturated rings. The first-order valence-corrected chi connectivity index (χ1v) is 11.8. The van der Waals surface area contributed by atoms with E-state index < -0.39 is 0 Å². The molecule has 4 aromatic rings. The minimum Gasteiger partial charge on any atom is -0.439 e. The number of hydrogen-bond acceptors (Lipinski definition) is 3. The van der Waals surface area contributed by atoms with Crippen LogP contribution in [0.15, 0.2) is 78.9 Å². The first kappa shape index (κ1) is 24.2. The van der Waals surface area contributed by atoms with Crippen LogP contribution >= 0.6 is 0 Å². The van der Waals surface area contributed by atoms with Crippen LogP contribution in [0.2, 0.25) is 0 Å². The number of aromatic nitrogens is 2. The number of para-hydroxylation sites is 1. The second-order valence-corrected chi connectivity index (χ2v) is 8.78. The summed E-state index contributed by atoms with van der Waals surface area (Å²) in [6.07, 6.45) is 0.652. The number of ether oxygens (including phenoxy) is 1. The van der Waals surface area contributed by atoms with E-state index in [1.54, 1.807) is 16.8 Å². The Kier molecular flexibility index (Phi) is 7.30. The van der Waals surface area contributed by atoms with Gasteiger partial charge in [-0.05, 0) is 75.7 Å². The van der Waals surface area contributed by atoms with E-state index in [4.69, 9.17) is 9.84 Å². The lowest BCUT2D eigenvalue weighted by atomic mass is 10.1. The number of amides is 1. The van der Waals surface area contributed by atoms with Crippen LogP contribution in [0.5, 0.6) is 11.6 Å². The van der Waals surface area contributed by atoms with Crippen molar-refractivity contribution in [2.75, 3.05) is 0 Å². The summed E-state index contributed by atoms with van der Waals surface area (Å²) in [6.45, 7) is 8.35. The van der Waals surface area contributed by atoms with Gasteiger partial charge in [-0.3, -0.25) is 4.79 Å². The molecule has 4 rings (SSSR count). The molecular weight excluding hydrogens is 441 g/mol. The summed E-state index contributed by atoms with van der Waals surface area (Å²) >= 11 is 0. The highest BCUT2D eigenvalue weighted by atomic mass is 19.1. The highest BCUT2D eigenvalue weighted by Crippen LogP contribution is 2.33. The SMILES string of the molecule is CCc1nn(-c2ccc(F)cc2)c(Oc2ccccc2)c1CN(C(=O)c1ccc(C)cc1)C(C)C. The van der Waals surface area contributed by atoms with Crippen LogP contribution in [-0.4, -0.2) is 26.6 Å². The van der Waals surface area contributed by atoms with Crippen LogP contribution < -0.4 is 4.74 Å². The molecule has 0 unspecified atom stereocenters. The molecule has 3 aromatic carbocycles. The number of carbonyl (C=O) groups is 1. The quantitative estimate of drug-likeness (QED) is 0.286. The second-order valence-electron chi connectivity index (χ2n) is 8.78. The molecule has 0 aliphatic heterocycles. The minimum atomic E-state index is -0.322. The van der Waals surface area contributed by atoms with Crippen molar-refractivity contribution in [2.45, 2.75) is 46.7 Å². The Balaban J connectivity index is 1.80. The molecule has 0 atom stereocenters. The molecule has 180 valence electrons. The Morgan fingerprint density at radius 3 is 2.26 bits per heavy atom. The number of rotatable bonds is 8. The number of halogens is 1. The predicted molar refractivity (Wildman–Crippen MR) is 136 cm³/mol. The van der Waals surface area contributed by atoms with Crippen molar-refractivity contribution in [1.82, 2.24) is 14.7 Å². The van der Waals surface area contributed by atoms with Crippen molar-refractivity contribution in [3.63, 3.8) is 0 Å². The van der Waals surface area contributed by atoms with Crippen LogP contribution in [0.1, 0.15) is 48.0 Å². The van der Waals surface area contributed by atoms with Crippen molar-refractivity contribution >= 4 is 5.91 Å². The molecule has 0 bridgehead atoms. The van der Waals surface area contributed by atoms with Crippen LogP contribution in [0, 0.1) is 12.7 Å². The van der Waals surface area contributed by atoms with Gasteiger partial charge in [0.2, 0.25) is 5.88 Å². The fourth-order valence-corrected chi connectivity index (χ4v) is 3.90. The lowest BCUT2D eigenvalue weighted by Crippen LogP contribution is -2.36. The summed E-state index contributed by atoms with van der Waals surface area (Å²) in [5.41, 5.74) is 4.07. The standard InChI is InChI=1S/C29H30FN3O2/c1-5-27-26(19-32(20(2)3)28(34)22-13-11-21(4)12-14-22)29(35-25-9-7-6-8-10-25)33(31-27)24-17-15-23(30)16-18-24/h6-18,20H,5,19H2,1-4H3. The first-order chi connectivity index (χ1) is 16.9. The van der Waals surface area contributed by atoms with E-state index in [0.717, 1.165) is 16.8 Å². The summed E-state index contributed by atoms with van der Waals surface area (Å²) in [7, 11) is 0. The Morgan fingerprint density at radius 2 is 1.66 bits per heavy atom. The van der Waals surface area contributed by atoms with Gasteiger partial charge in [0.1, 0.15) is 11.6 Å². The third-order valence-corrected chi connectivity index (χ3v) is 5.89. The van der Waals surface area contributed by atoms with E-state index in [-0.39, 0.29) is 17.8 Å². The number of benzene rings is 3. The van der Waals surface area contributed by atoms with Gasteiger partial charge in [-0.15, -0.1) is 0 Å². The average Bonchev–Trinajstić information content (AvgIpc) is 3.20. The van der Waals surface area contributed by atoms with Crippen LogP contribution in [-0.2, 0) is 13.0 Å². The normalized spacial score (nSPS) is 11.0. The zero-order valence-electron chi connectivity index (χ0n) is 20.5. The molecule has 1 aromatic heterocycles. The van der Waals surface area contributed by atoms with E-state index in [1.165, 1.54) is 12.1 Å². The topological polar surface area (TPSA) is 47.4 Å². The van der Waals surface area contributed by atoms with Crippen LogP contribution in [0.3, 0.4) is 0 Å². The minimum absolute atomic E-state index is 0.0488. The van der Waals surface area contributed by atoms with Crippen molar-refractivity contribution in [1.29, 1.82) is 0 Å². The van der Waals surface area contributed by atoms with Crippen molar-refractivity contribution in [3.8, 4) is 17.3 Å². The van der Waals surface area contributed by atoms with Gasteiger partial charge in [0, 0.05) is 11.6 Å². The maximum absolute atomic E-state index is 13.6. The highest BCUT2D eigenvalue weighted by molar-refractivity contribution is 5.94. The van der Waals surface area contributed by atoms with Crippen molar-refractivity contribution in [3.05, 3.63) is 107 Å². The fraction of sp³-hybridized carbons (Fsp3) is 0.241. The Labute approximate surface area is 205 Å². The van der Waals surface area contributed by atoms with E-state index in [2.05, 4.69) is 0 Å². The summed E-state index contributed by atoms with van der Waals surface area (Å²) < 4.78 is 21.7. The Morgan fingerprint density at radius 1 is 1.00 bits per heavy atom. The smallest absolute Gasteiger partial charge is 0.254 e. The van der Waals surface area contributed by atoms with Gasteiger partial charge in [-0.25, -0.2) is 9.07 Å². The zero-order chi connectivity index (χ0) is 24.9. The third-order valence-electron chi connectivity index (χ3n) is 5.89. The maximum Gasteiger partial charge on any atom is 0.254 e. The molecular formula is C29H30FN3O2. The molecule has 6 heteroatoms. The highest BCUT2D eigenvalue weighted by Gasteiger charge is 2.26. The monoisotopic (exact) mass is 471 g/mol. The van der Waals surface area contributed by atoms with Gasteiger partial charge in [-0.1, -0.05) is 42.8 Å². The van der Waals surface area contributed by atoms with Gasteiger partial charge in [0.25, 0.3) is 5.91 Å². The molecule has 5 nitrogen and oxygen atoms in total. The summed E-state index contributed by atoms with van der Waals surface area (Å²) in [5.74, 6) is 0.793. The third kappa shape index (κ3) is 5.43. The molecule has 0 saturated carbocycles. The number of nitrogens with zero attached hydrogens (tertiary/aromatic N) is 3. The molecule has 0 spiro atoms. The molecule has 0 saturated heterocycles. The lowest BCUT2D eigenvalue weighted by Gasteiger charge is -2.27. The van der Waals surface area contributed by atoms with E-state index in [0.29, 0.717) is 35.8 Å². The molecule has 0 radical (unpaired) electrons. The zero-order valence-corrected chi connectivity index (χ0v) is 20.5. The number of aryl methyl sites for hydroxylation is 2. The molecule has 1 amide bonds. The van der Waals surface area contributed by atoms with E-state index in [1.807, 2.05) is 87.2 Å². The molecule has 0 aliphatic carbocycles. The van der Waals surface area contributed by atoms with E-state index in [9.17, 15) is 9.18 Å². The Bertz CT molecular complexity index is 1280. The second kappa shape index (κ2) is 10.6. The summed E-state index contributed by atoms with van der Waals surface area (Å²) in [4.78, 5) is 15.3. The molecule has 0 aliphatic rings. The molecule has 0 N–H and O–H groups in total. The predicted octanol–water partition coefficient (Wildman–Crippen LogP) is 6.73. The average molecular weight is 472 g/mol. The van der Waals surface area contributed by atoms with Gasteiger partial charge in [-0.2, -0.15) is 5.10 Å². The van der Waals surface area contributed by atoms with Gasteiger partial charge >= 0.3 is 0 Å². The van der Waals surface area contributed by atoms with Gasteiger partial charge < -0.3 is 9.64 Å². The molecule has 1 heterocycles. The first-order valence-electron chi connectivity index (χ1n) is 11.8. The summed E-state index contributed by atoms with van der Waals surface area (Å²) in [6, 6.07) is 23.1. The Hall–Kier alpha value is -3.93. The fourth-order valence-electron chi connectivity index (χ4n) is 3.90. The van der Waals surface area contributed by atoms with Crippen LogP contribution in [0.4, 0.5) is 4.39 Å².